The molecule has 0 spiro atoms. The molecule has 7 heteroatoms. The van der Waals surface area contributed by atoms with Crippen molar-refractivity contribution in [1.82, 2.24) is 10.6 Å². The molecule has 0 aromatic carbocycles. The topological polar surface area (TPSA) is 85.9 Å². The van der Waals surface area contributed by atoms with Crippen LogP contribution in [0.4, 0.5) is 9.59 Å². The lowest BCUT2D eigenvalue weighted by atomic mass is 10.2. The van der Waals surface area contributed by atoms with Crippen LogP contribution in [0.2, 0.25) is 0 Å². The van der Waals surface area contributed by atoms with E-state index in [-0.39, 0.29) is 19.2 Å². The van der Waals surface area contributed by atoms with Crippen molar-refractivity contribution < 1.29 is 23.8 Å². The van der Waals surface area contributed by atoms with Crippen LogP contribution < -0.4 is 10.6 Å². The van der Waals surface area contributed by atoms with Crippen molar-refractivity contribution in [1.29, 1.82) is 0 Å². The van der Waals surface area contributed by atoms with Crippen LogP contribution in [-0.4, -0.2) is 49.7 Å². The summed E-state index contributed by atoms with van der Waals surface area (Å²) in [6.45, 7) is 11.1. The van der Waals surface area contributed by atoms with Gasteiger partial charge in [-0.2, -0.15) is 0 Å². The van der Waals surface area contributed by atoms with Gasteiger partial charge in [0.05, 0.1) is 6.10 Å². The summed E-state index contributed by atoms with van der Waals surface area (Å²) in [5.41, 5.74) is -1.11. The summed E-state index contributed by atoms with van der Waals surface area (Å²) in [6.07, 6.45) is -1.42. The largest absolute Gasteiger partial charge is 0.444 e. The van der Waals surface area contributed by atoms with Gasteiger partial charge in [-0.1, -0.05) is 0 Å². The van der Waals surface area contributed by atoms with Crippen LogP contribution in [0.15, 0.2) is 0 Å². The SMILES string of the molecule is COC(CNC(=O)OC(C)(C)C)CNC(=O)OC(C)(C)C. The number of nitrogens with one attached hydrogen (secondary N) is 2. The molecule has 0 radical (unpaired) electrons. The van der Waals surface area contributed by atoms with E-state index >= 15 is 0 Å². The van der Waals surface area contributed by atoms with E-state index in [1.807, 2.05) is 0 Å². The third kappa shape index (κ3) is 12.0. The molecule has 0 bridgehead atoms. The number of alkyl carbamates (subject to hydrolysis) is 2. The Kier molecular flexibility index (Phi) is 7.49. The number of hydrogen-bond donors (Lipinski definition) is 2. The van der Waals surface area contributed by atoms with Crippen LogP contribution in [0.3, 0.4) is 0 Å². The number of amides is 2. The zero-order valence-electron chi connectivity index (χ0n) is 14.0. The fourth-order valence-electron chi connectivity index (χ4n) is 1.26. The van der Waals surface area contributed by atoms with E-state index in [9.17, 15) is 9.59 Å². The van der Waals surface area contributed by atoms with Crippen molar-refractivity contribution in [3.8, 4) is 0 Å². The van der Waals surface area contributed by atoms with Crippen LogP contribution in [-0.2, 0) is 14.2 Å². The summed E-state index contributed by atoms with van der Waals surface area (Å²) >= 11 is 0. The first-order valence-corrected chi connectivity index (χ1v) is 6.89. The summed E-state index contributed by atoms with van der Waals surface area (Å²) in [5, 5.41) is 5.17. The molecule has 0 aliphatic carbocycles. The second-order valence-corrected chi connectivity index (χ2v) is 6.62. The molecule has 0 aromatic heterocycles. The van der Waals surface area contributed by atoms with Gasteiger partial charge in [0.25, 0.3) is 0 Å². The Balaban J connectivity index is 4.07. The van der Waals surface area contributed by atoms with Crippen LogP contribution in [0.1, 0.15) is 41.5 Å². The van der Waals surface area contributed by atoms with Gasteiger partial charge in [0, 0.05) is 20.2 Å². The molecule has 0 atom stereocenters. The van der Waals surface area contributed by atoms with Crippen LogP contribution in [0.5, 0.6) is 0 Å². The second kappa shape index (κ2) is 8.07. The molecule has 21 heavy (non-hydrogen) atoms. The lowest BCUT2D eigenvalue weighted by Gasteiger charge is -2.23. The van der Waals surface area contributed by atoms with E-state index in [2.05, 4.69) is 10.6 Å². The average molecular weight is 304 g/mol. The van der Waals surface area contributed by atoms with E-state index in [0.29, 0.717) is 0 Å². The van der Waals surface area contributed by atoms with Crippen molar-refractivity contribution >= 4 is 12.2 Å². The van der Waals surface area contributed by atoms with E-state index < -0.39 is 23.4 Å². The Morgan fingerprint density at radius 3 is 1.43 bits per heavy atom. The molecular weight excluding hydrogens is 276 g/mol. The third-order valence-electron chi connectivity index (χ3n) is 2.08. The number of methoxy groups -OCH3 is 1. The quantitative estimate of drug-likeness (QED) is 0.812. The molecule has 0 aliphatic rings. The minimum Gasteiger partial charge on any atom is -0.444 e. The smallest absolute Gasteiger partial charge is 0.407 e. The van der Waals surface area contributed by atoms with Gasteiger partial charge in [-0.3, -0.25) is 0 Å². The fourth-order valence-corrected chi connectivity index (χ4v) is 1.26. The van der Waals surface area contributed by atoms with Gasteiger partial charge in [-0.25, -0.2) is 9.59 Å². The normalized spacial score (nSPS) is 12.0. The lowest BCUT2D eigenvalue weighted by molar-refractivity contribution is 0.0407. The zero-order valence-corrected chi connectivity index (χ0v) is 14.0. The van der Waals surface area contributed by atoms with Gasteiger partial charge >= 0.3 is 12.2 Å². The number of rotatable bonds is 5. The van der Waals surface area contributed by atoms with E-state index in [1.165, 1.54) is 7.11 Å². The standard InChI is InChI=1S/C14H28N2O5/c1-13(2,3)20-11(17)15-8-10(19-7)9-16-12(18)21-14(4,5)6/h10H,8-9H2,1-7H3,(H,15,17)(H,16,18). The molecule has 0 saturated heterocycles. The number of ether oxygens (including phenoxy) is 3. The summed E-state index contributed by atoms with van der Waals surface area (Å²) in [4.78, 5) is 23.0. The van der Waals surface area contributed by atoms with Crippen LogP contribution in [0, 0.1) is 0 Å². The molecule has 2 N–H and O–H groups in total. The Hall–Kier alpha value is -1.50. The Bertz CT molecular complexity index is 312. The maximum atomic E-state index is 11.5. The fraction of sp³-hybridized carbons (Fsp3) is 0.857. The van der Waals surface area contributed by atoms with Crippen molar-refractivity contribution in [3.05, 3.63) is 0 Å². The maximum Gasteiger partial charge on any atom is 0.407 e. The molecule has 2 amide bonds. The molecule has 7 nitrogen and oxygen atoms in total. The maximum absolute atomic E-state index is 11.5. The highest BCUT2D eigenvalue weighted by molar-refractivity contribution is 5.68. The van der Waals surface area contributed by atoms with E-state index in [4.69, 9.17) is 14.2 Å². The van der Waals surface area contributed by atoms with E-state index in [0.717, 1.165) is 0 Å². The molecule has 0 saturated carbocycles. The lowest BCUT2D eigenvalue weighted by Crippen LogP contribution is -2.43. The molecule has 0 fully saturated rings. The van der Waals surface area contributed by atoms with Crippen molar-refractivity contribution in [2.45, 2.75) is 58.8 Å². The van der Waals surface area contributed by atoms with Gasteiger partial charge in [0.15, 0.2) is 0 Å². The first-order valence-electron chi connectivity index (χ1n) is 6.89. The molecule has 0 heterocycles. The predicted octanol–water partition coefficient (Wildman–Crippen LogP) is 2.05. The van der Waals surface area contributed by atoms with Gasteiger partial charge in [-0.05, 0) is 41.5 Å². The Morgan fingerprint density at radius 1 is 0.857 bits per heavy atom. The van der Waals surface area contributed by atoms with Gasteiger partial charge in [-0.15, -0.1) is 0 Å². The first kappa shape index (κ1) is 19.5. The van der Waals surface area contributed by atoms with Crippen molar-refractivity contribution in [3.63, 3.8) is 0 Å². The Morgan fingerprint density at radius 2 is 1.19 bits per heavy atom. The molecule has 124 valence electrons. The number of carbonyl (C=O) groups excluding carboxylic acids is 2. The number of hydrogen-bond acceptors (Lipinski definition) is 5. The first-order chi connectivity index (χ1) is 9.43. The van der Waals surface area contributed by atoms with Crippen molar-refractivity contribution in [2.75, 3.05) is 20.2 Å². The minimum absolute atomic E-state index is 0.223. The summed E-state index contributed by atoms with van der Waals surface area (Å²) in [7, 11) is 1.50. The molecule has 0 aliphatic heterocycles. The van der Waals surface area contributed by atoms with Gasteiger partial charge < -0.3 is 24.8 Å². The highest BCUT2D eigenvalue weighted by atomic mass is 16.6. The second-order valence-electron chi connectivity index (χ2n) is 6.62. The van der Waals surface area contributed by atoms with Crippen molar-refractivity contribution in [2.24, 2.45) is 0 Å². The summed E-state index contributed by atoms with van der Waals surface area (Å²) in [6, 6.07) is 0. The molecule has 0 aromatic rings. The average Bonchev–Trinajstić information content (AvgIpc) is 2.24. The zero-order chi connectivity index (χ0) is 16.7. The predicted molar refractivity (Wildman–Crippen MR) is 79.3 cm³/mol. The Labute approximate surface area is 126 Å². The van der Waals surface area contributed by atoms with Gasteiger partial charge in [0.2, 0.25) is 0 Å². The van der Waals surface area contributed by atoms with Crippen LogP contribution in [0.25, 0.3) is 0 Å². The minimum atomic E-state index is -0.554. The monoisotopic (exact) mass is 304 g/mol. The van der Waals surface area contributed by atoms with Crippen LogP contribution >= 0.6 is 0 Å². The van der Waals surface area contributed by atoms with E-state index in [1.54, 1.807) is 41.5 Å². The molecule has 0 rings (SSSR count). The highest BCUT2D eigenvalue weighted by Gasteiger charge is 2.19. The summed E-state index contributed by atoms with van der Waals surface area (Å²) < 4.78 is 15.4. The summed E-state index contributed by atoms with van der Waals surface area (Å²) in [5.74, 6) is 0. The number of carbonyl (C=O) groups is 2. The highest BCUT2D eigenvalue weighted by Crippen LogP contribution is 2.07. The van der Waals surface area contributed by atoms with Gasteiger partial charge in [0.1, 0.15) is 11.2 Å². The molecular formula is C14H28N2O5. The molecule has 0 unspecified atom stereocenters. The third-order valence-corrected chi connectivity index (χ3v) is 2.08.